The maximum absolute atomic E-state index is 13.7. The quantitative estimate of drug-likeness (QED) is 0.296. The largest absolute Gasteiger partial charge is 0.496 e. The van der Waals surface area contributed by atoms with E-state index in [1.54, 1.807) is 13.2 Å². The van der Waals surface area contributed by atoms with E-state index in [2.05, 4.69) is 24.3 Å². The number of hydrogen-bond acceptors (Lipinski definition) is 2. The molecule has 0 fully saturated rings. The van der Waals surface area contributed by atoms with E-state index in [0.29, 0.717) is 6.54 Å². The number of carbonyl (C=O) groups excluding carboxylic acids is 1. The van der Waals surface area contributed by atoms with Gasteiger partial charge < -0.3 is 9.64 Å². The minimum atomic E-state index is -0.245. The summed E-state index contributed by atoms with van der Waals surface area (Å²) >= 11 is 0. The zero-order valence-corrected chi connectivity index (χ0v) is 18.7. The van der Waals surface area contributed by atoms with Gasteiger partial charge in [-0.15, -0.1) is 0 Å². The predicted octanol–water partition coefficient (Wildman–Crippen LogP) is 6.53. The molecule has 0 heterocycles. The van der Waals surface area contributed by atoms with Gasteiger partial charge in [0.25, 0.3) is 0 Å². The van der Waals surface area contributed by atoms with Gasteiger partial charge in [0.15, 0.2) is 0 Å². The van der Waals surface area contributed by atoms with E-state index >= 15 is 0 Å². The molecule has 0 bridgehead atoms. The van der Waals surface area contributed by atoms with Crippen LogP contribution in [0.5, 0.6) is 5.75 Å². The minimum Gasteiger partial charge on any atom is -0.496 e. The van der Waals surface area contributed by atoms with Crippen LogP contribution < -0.4 is 4.74 Å². The first-order valence-corrected chi connectivity index (χ1v) is 11.0. The third-order valence-electron chi connectivity index (χ3n) is 5.58. The van der Waals surface area contributed by atoms with Crippen LogP contribution in [0.1, 0.15) is 28.3 Å². The van der Waals surface area contributed by atoms with Gasteiger partial charge in [-0.25, -0.2) is 0 Å². The summed E-state index contributed by atoms with van der Waals surface area (Å²) in [7, 11) is 1.66. The Hall–Kier alpha value is -4.11. The lowest BCUT2D eigenvalue weighted by Gasteiger charge is -2.32. The van der Waals surface area contributed by atoms with E-state index in [-0.39, 0.29) is 11.9 Å². The number of ether oxygens (including phenoxy) is 1. The number of benzene rings is 4. The number of para-hydroxylation sites is 1. The molecule has 0 aromatic heterocycles. The zero-order valence-electron chi connectivity index (χ0n) is 18.7. The summed E-state index contributed by atoms with van der Waals surface area (Å²) in [5.74, 6) is 0.699. The zero-order chi connectivity index (χ0) is 22.9. The Morgan fingerprint density at radius 1 is 0.758 bits per heavy atom. The Morgan fingerprint density at radius 3 is 1.85 bits per heavy atom. The van der Waals surface area contributed by atoms with Crippen LogP contribution in [0.15, 0.2) is 121 Å². The van der Waals surface area contributed by atoms with Crippen molar-refractivity contribution < 1.29 is 9.53 Å². The molecule has 0 N–H and O–H groups in total. The molecule has 0 unspecified atom stereocenters. The van der Waals surface area contributed by atoms with Crippen LogP contribution in [0.2, 0.25) is 0 Å². The molecule has 0 aliphatic rings. The molecule has 4 aromatic rings. The van der Waals surface area contributed by atoms with Gasteiger partial charge in [0, 0.05) is 11.6 Å². The lowest BCUT2D eigenvalue weighted by atomic mass is 9.96. The van der Waals surface area contributed by atoms with Crippen molar-refractivity contribution in [1.29, 1.82) is 0 Å². The number of amides is 1. The van der Waals surface area contributed by atoms with Gasteiger partial charge in [-0.3, -0.25) is 4.79 Å². The monoisotopic (exact) mass is 433 g/mol. The van der Waals surface area contributed by atoms with Crippen LogP contribution >= 0.6 is 0 Å². The third kappa shape index (κ3) is 5.58. The molecule has 0 spiro atoms. The highest BCUT2D eigenvalue weighted by Gasteiger charge is 2.26. The first-order valence-electron chi connectivity index (χ1n) is 11.0. The van der Waals surface area contributed by atoms with Crippen molar-refractivity contribution >= 4 is 12.0 Å². The summed E-state index contributed by atoms with van der Waals surface area (Å²) in [5.41, 5.74) is 4.05. The average Bonchev–Trinajstić information content (AvgIpc) is 2.89. The fourth-order valence-corrected chi connectivity index (χ4v) is 3.96. The first-order chi connectivity index (χ1) is 16.3. The molecule has 4 rings (SSSR count). The van der Waals surface area contributed by atoms with Crippen LogP contribution in [0.3, 0.4) is 0 Å². The Balaban J connectivity index is 1.78. The van der Waals surface area contributed by atoms with Crippen LogP contribution in [0.4, 0.5) is 0 Å². The average molecular weight is 434 g/mol. The summed E-state index contributed by atoms with van der Waals surface area (Å²) in [5, 5.41) is 0. The Morgan fingerprint density at radius 2 is 1.27 bits per heavy atom. The standard InChI is InChI=1S/C30H27NO2/c1-33-28-20-12-11-19-27(28)23-31(29(32)22-21-24-13-5-2-6-14-24)30(25-15-7-3-8-16-25)26-17-9-4-10-18-26/h2-22,30H,23H2,1H3/b22-21+. The number of rotatable bonds is 8. The number of methoxy groups -OCH3 is 1. The molecule has 0 radical (unpaired) electrons. The summed E-state index contributed by atoms with van der Waals surface area (Å²) < 4.78 is 5.59. The van der Waals surface area contributed by atoms with E-state index in [0.717, 1.165) is 28.0 Å². The molecule has 4 aromatic carbocycles. The molecule has 3 heteroatoms. The lowest BCUT2D eigenvalue weighted by molar-refractivity contribution is -0.128. The summed E-state index contributed by atoms with van der Waals surface area (Å²) in [4.78, 5) is 15.6. The molecular weight excluding hydrogens is 406 g/mol. The normalized spacial score (nSPS) is 11.0. The third-order valence-corrected chi connectivity index (χ3v) is 5.58. The van der Waals surface area contributed by atoms with Gasteiger partial charge in [0.05, 0.1) is 19.7 Å². The molecule has 1 amide bonds. The van der Waals surface area contributed by atoms with Crippen molar-refractivity contribution in [1.82, 2.24) is 4.90 Å². The fraction of sp³-hybridized carbons (Fsp3) is 0.100. The molecule has 164 valence electrons. The van der Waals surface area contributed by atoms with Crippen molar-refractivity contribution in [2.75, 3.05) is 7.11 Å². The van der Waals surface area contributed by atoms with E-state index in [1.165, 1.54) is 0 Å². The summed E-state index contributed by atoms with van der Waals surface area (Å²) in [6.45, 7) is 0.413. The second-order valence-corrected chi connectivity index (χ2v) is 7.75. The van der Waals surface area contributed by atoms with E-state index < -0.39 is 0 Å². The highest BCUT2D eigenvalue weighted by molar-refractivity contribution is 5.92. The molecule has 0 saturated heterocycles. The topological polar surface area (TPSA) is 29.5 Å². The molecule has 0 atom stereocenters. The fourth-order valence-electron chi connectivity index (χ4n) is 3.96. The minimum absolute atomic E-state index is 0.0672. The molecular formula is C30H27NO2. The molecule has 0 aliphatic heterocycles. The SMILES string of the molecule is COc1ccccc1CN(C(=O)/C=C/c1ccccc1)C(c1ccccc1)c1ccccc1. The predicted molar refractivity (Wildman–Crippen MR) is 134 cm³/mol. The van der Waals surface area contributed by atoms with Crippen LogP contribution in [-0.2, 0) is 11.3 Å². The highest BCUT2D eigenvalue weighted by Crippen LogP contribution is 2.32. The molecule has 33 heavy (non-hydrogen) atoms. The molecule has 3 nitrogen and oxygen atoms in total. The van der Waals surface area contributed by atoms with Crippen molar-refractivity contribution in [3.05, 3.63) is 144 Å². The van der Waals surface area contributed by atoms with Gasteiger partial charge >= 0.3 is 0 Å². The number of nitrogens with zero attached hydrogens (tertiary/aromatic N) is 1. The van der Waals surface area contributed by atoms with E-state index in [4.69, 9.17) is 4.74 Å². The smallest absolute Gasteiger partial charge is 0.247 e. The van der Waals surface area contributed by atoms with Gasteiger partial charge in [-0.05, 0) is 28.8 Å². The number of carbonyl (C=O) groups is 1. The summed E-state index contributed by atoms with van der Waals surface area (Å²) in [6.07, 6.45) is 3.52. The van der Waals surface area contributed by atoms with E-state index in [1.807, 2.05) is 102 Å². The van der Waals surface area contributed by atoms with Gasteiger partial charge in [-0.1, -0.05) is 109 Å². The first kappa shape index (κ1) is 22.1. The van der Waals surface area contributed by atoms with Crippen LogP contribution in [0.25, 0.3) is 6.08 Å². The van der Waals surface area contributed by atoms with Crippen LogP contribution in [0, 0.1) is 0 Å². The Bertz CT molecular complexity index is 1150. The highest BCUT2D eigenvalue weighted by atomic mass is 16.5. The van der Waals surface area contributed by atoms with Gasteiger partial charge in [-0.2, -0.15) is 0 Å². The van der Waals surface area contributed by atoms with Crippen molar-refractivity contribution in [2.45, 2.75) is 12.6 Å². The summed E-state index contributed by atoms with van der Waals surface area (Å²) in [6, 6.07) is 37.8. The number of hydrogen-bond donors (Lipinski definition) is 0. The molecule has 0 saturated carbocycles. The lowest BCUT2D eigenvalue weighted by Crippen LogP contribution is -2.34. The second-order valence-electron chi connectivity index (χ2n) is 7.75. The van der Waals surface area contributed by atoms with E-state index in [9.17, 15) is 4.79 Å². The molecule has 0 aliphatic carbocycles. The van der Waals surface area contributed by atoms with Crippen LogP contribution in [-0.4, -0.2) is 17.9 Å². The Labute approximate surface area is 195 Å². The van der Waals surface area contributed by atoms with Crippen molar-refractivity contribution in [2.24, 2.45) is 0 Å². The van der Waals surface area contributed by atoms with Crippen molar-refractivity contribution in [3.63, 3.8) is 0 Å². The van der Waals surface area contributed by atoms with Gasteiger partial charge in [0.1, 0.15) is 5.75 Å². The van der Waals surface area contributed by atoms with Gasteiger partial charge in [0.2, 0.25) is 5.91 Å². The maximum Gasteiger partial charge on any atom is 0.247 e. The Kier molecular flexibility index (Phi) is 7.34. The van der Waals surface area contributed by atoms with Crippen molar-refractivity contribution in [3.8, 4) is 5.75 Å². The second kappa shape index (κ2) is 11.0. The maximum atomic E-state index is 13.7.